The van der Waals surface area contributed by atoms with Gasteiger partial charge in [-0.1, -0.05) is 0 Å². The van der Waals surface area contributed by atoms with Gasteiger partial charge in [-0.3, -0.25) is 9.59 Å². The van der Waals surface area contributed by atoms with Crippen molar-refractivity contribution in [3.05, 3.63) is 46.6 Å². The number of hydrogen-bond acceptors (Lipinski definition) is 6. The molecule has 2 aromatic rings. The fraction of sp³-hybridized carbons (Fsp3) is 0.333. The summed E-state index contributed by atoms with van der Waals surface area (Å²) < 4.78 is 0. The number of carbonyl (C=O) groups excluding carboxylic acids is 1. The van der Waals surface area contributed by atoms with Crippen molar-refractivity contribution < 1.29 is 4.79 Å². The molecular formula is C15H18N6O2. The summed E-state index contributed by atoms with van der Waals surface area (Å²) in [6.07, 6.45) is 2.90. The van der Waals surface area contributed by atoms with Crippen molar-refractivity contribution in [1.82, 2.24) is 19.9 Å². The van der Waals surface area contributed by atoms with Gasteiger partial charge < -0.3 is 20.1 Å². The Morgan fingerprint density at radius 2 is 2.04 bits per heavy atom. The van der Waals surface area contributed by atoms with E-state index in [1.165, 1.54) is 18.6 Å². The number of aromatic amines is 1. The highest BCUT2D eigenvalue weighted by Gasteiger charge is 2.17. The third kappa shape index (κ3) is 3.54. The molecule has 3 rings (SSSR count). The largest absolute Gasteiger partial charge is 0.354 e. The Morgan fingerprint density at radius 3 is 2.78 bits per heavy atom. The molecule has 120 valence electrons. The van der Waals surface area contributed by atoms with E-state index in [9.17, 15) is 9.59 Å². The van der Waals surface area contributed by atoms with E-state index in [4.69, 9.17) is 0 Å². The highest BCUT2D eigenvalue weighted by atomic mass is 16.2. The number of anilines is 2. The number of likely N-dealkylation sites (N-methyl/N-ethyl adjacent to an activating group) is 1. The van der Waals surface area contributed by atoms with Crippen molar-refractivity contribution >= 4 is 17.5 Å². The molecule has 0 atom stereocenters. The number of aromatic nitrogens is 3. The fourth-order valence-corrected chi connectivity index (χ4v) is 2.41. The van der Waals surface area contributed by atoms with E-state index >= 15 is 0 Å². The van der Waals surface area contributed by atoms with Crippen LogP contribution in [0.2, 0.25) is 0 Å². The Kier molecular flexibility index (Phi) is 4.33. The molecule has 1 fully saturated rings. The molecule has 0 aromatic carbocycles. The predicted molar refractivity (Wildman–Crippen MR) is 86.8 cm³/mol. The number of piperazine rings is 1. The normalized spacial score (nSPS) is 15.4. The van der Waals surface area contributed by atoms with Gasteiger partial charge in [0.05, 0.1) is 0 Å². The zero-order chi connectivity index (χ0) is 16.2. The van der Waals surface area contributed by atoms with Crippen LogP contribution in [0.1, 0.15) is 10.4 Å². The van der Waals surface area contributed by atoms with Gasteiger partial charge in [0.25, 0.3) is 11.5 Å². The molecule has 0 bridgehead atoms. The number of carbonyl (C=O) groups is 1. The smallest absolute Gasteiger partial charge is 0.262 e. The van der Waals surface area contributed by atoms with Crippen LogP contribution in [0.15, 0.2) is 35.5 Å². The van der Waals surface area contributed by atoms with Crippen LogP contribution >= 0.6 is 0 Å². The van der Waals surface area contributed by atoms with Crippen molar-refractivity contribution in [1.29, 1.82) is 0 Å². The first-order valence-corrected chi connectivity index (χ1v) is 7.38. The SMILES string of the molecule is CN1CCN(c2cc(NC(=O)c3ccc[nH]c3=O)ncn2)CC1. The number of pyridine rings is 1. The minimum atomic E-state index is -0.491. The van der Waals surface area contributed by atoms with Crippen molar-refractivity contribution in [2.45, 2.75) is 0 Å². The lowest BCUT2D eigenvalue weighted by atomic mass is 10.2. The zero-order valence-electron chi connectivity index (χ0n) is 12.8. The molecule has 0 radical (unpaired) electrons. The summed E-state index contributed by atoms with van der Waals surface area (Å²) >= 11 is 0. The second kappa shape index (κ2) is 6.57. The number of H-pyrrole nitrogens is 1. The number of rotatable bonds is 3. The summed E-state index contributed by atoms with van der Waals surface area (Å²) in [7, 11) is 2.08. The highest BCUT2D eigenvalue weighted by molar-refractivity contribution is 6.03. The molecule has 8 nitrogen and oxygen atoms in total. The van der Waals surface area contributed by atoms with E-state index in [0.717, 1.165) is 32.0 Å². The highest BCUT2D eigenvalue weighted by Crippen LogP contribution is 2.16. The van der Waals surface area contributed by atoms with E-state index in [0.29, 0.717) is 5.82 Å². The summed E-state index contributed by atoms with van der Waals surface area (Å²) in [6.45, 7) is 3.68. The third-order valence-corrected chi connectivity index (χ3v) is 3.78. The van der Waals surface area contributed by atoms with E-state index in [1.54, 1.807) is 12.1 Å². The van der Waals surface area contributed by atoms with Crippen LogP contribution in [0.3, 0.4) is 0 Å². The molecule has 0 unspecified atom stereocenters. The number of nitrogens with zero attached hydrogens (tertiary/aromatic N) is 4. The van der Waals surface area contributed by atoms with E-state index in [1.807, 2.05) is 0 Å². The third-order valence-electron chi connectivity index (χ3n) is 3.78. The standard InChI is InChI=1S/C15H18N6O2/c1-20-5-7-21(8-6-20)13-9-12(17-10-18-13)19-15(23)11-3-2-4-16-14(11)22/h2-4,9-10H,5-8H2,1H3,(H,16,22)(H,17,18,19,23). The number of hydrogen-bond donors (Lipinski definition) is 2. The minimum absolute atomic E-state index is 0.0484. The molecule has 1 aliphatic rings. The summed E-state index contributed by atoms with van der Waals surface area (Å²) in [5, 5.41) is 2.64. The lowest BCUT2D eigenvalue weighted by Crippen LogP contribution is -2.44. The van der Waals surface area contributed by atoms with E-state index < -0.39 is 11.5 Å². The Morgan fingerprint density at radius 1 is 1.26 bits per heavy atom. The zero-order valence-corrected chi connectivity index (χ0v) is 12.8. The summed E-state index contributed by atoms with van der Waals surface area (Å²) in [6, 6.07) is 4.79. The Labute approximate surface area is 133 Å². The van der Waals surface area contributed by atoms with Gasteiger partial charge in [-0.05, 0) is 19.2 Å². The second-order valence-corrected chi connectivity index (χ2v) is 5.42. The Hall–Kier alpha value is -2.74. The van der Waals surface area contributed by atoms with Crippen LogP contribution in [-0.4, -0.2) is 59.0 Å². The van der Waals surface area contributed by atoms with Gasteiger partial charge in [-0.15, -0.1) is 0 Å². The molecule has 2 aromatic heterocycles. The molecular weight excluding hydrogens is 296 g/mol. The molecule has 0 spiro atoms. The van der Waals surface area contributed by atoms with Gasteiger partial charge in [0.1, 0.15) is 23.5 Å². The lowest BCUT2D eigenvalue weighted by molar-refractivity contribution is 0.102. The van der Waals surface area contributed by atoms with Crippen LogP contribution in [0, 0.1) is 0 Å². The van der Waals surface area contributed by atoms with Crippen molar-refractivity contribution in [3.8, 4) is 0 Å². The summed E-state index contributed by atoms with van der Waals surface area (Å²) in [5.41, 5.74) is -0.384. The molecule has 1 amide bonds. The van der Waals surface area contributed by atoms with Crippen LogP contribution in [0.25, 0.3) is 0 Å². The first-order valence-electron chi connectivity index (χ1n) is 7.38. The van der Waals surface area contributed by atoms with Gasteiger partial charge in [-0.2, -0.15) is 0 Å². The molecule has 2 N–H and O–H groups in total. The van der Waals surface area contributed by atoms with Crippen molar-refractivity contribution in [3.63, 3.8) is 0 Å². The van der Waals surface area contributed by atoms with Gasteiger partial charge >= 0.3 is 0 Å². The summed E-state index contributed by atoms with van der Waals surface area (Å²) in [5.74, 6) is 0.655. The van der Waals surface area contributed by atoms with Gasteiger partial charge in [0.2, 0.25) is 0 Å². The van der Waals surface area contributed by atoms with Crippen LogP contribution < -0.4 is 15.8 Å². The number of amides is 1. The topological polar surface area (TPSA) is 94.2 Å². The molecule has 1 saturated heterocycles. The van der Waals surface area contributed by atoms with E-state index in [-0.39, 0.29) is 5.56 Å². The number of nitrogens with one attached hydrogen (secondary N) is 2. The maximum absolute atomic E-state index is 12.2. The maximum Gasteiger partial charge on any atom is 0.262 e. The quantitative estimate of drug-likeness (QED) is 0.839. The molecule has 0 aliphatic carbocycles. The average molecular weight is 314 g/mol. The predicted octanol–water partition coefficient (Wildman–Crippen LogP) is 0.169. The Bertz CT molecular complexity index is 751. The van der Waals surface area contributed by atoms with Crippen LogP contribution in [-0.2, 0) is 0 Å². The first-order chi connectivity index (χ1) is 11.1. The molecule has 23 heavy (non-hydrogen) atoms. The monoisotopic (exact) mass is 314 g/mol. The molecule has 0 saturated carbocycles. The fourth-order valence-electron chi connectivity index (χ4n) is 2.41. The van der Waals surface area contributed by atoms with Gasteiger partial charge in [0, 0.05) is 38.4 Å². The maximum atomic E-state index is 12.2. The minimum Gasteiger partial charge on any atom is -0.354 e. The summed E-state index contributed by atoms with van der Waals surface area (Å²) in [4.78, 5) is 39.0. The lowest BCUT2D eigenvalue weighted by Gasteiger charge is -2.33. The van der Waals surface area contributed by atoms with Crippen molar-refractivity contribution in [2.24, 2.45) is 0 Å². The van der Waals surface area contributed by atoms with Crippen LogP contribution in [0.5, 0.6) is 0 Å². The second-order valence-electron chi connectivity index (χ2n) is 5.42. The van der Waals surface area contributed by atoms with Crippen LogP contribution in [0.4, 0.5) is 11.6 Å². The molecule has 8 heteroatoms. The van der Waals surface area contributed by atoms with Gasteiger partial charge in [-0.25, -0.2) is 9.97 Å². The van der Waals surface area contributed by atoms with E-state index in [2.05, 4.69) is 37.1 Å². The first kappa shape index (κ1) is 15.2. The van der Waals surface area contributed by atoms with Crippen molar-refractivity contribution in [2.75, 3.05) is 43.4 Å². The Balaban J connectivity index is 1.74. The average Bonchev–Trinajstić information content (AvgIpc) is 2.56. The van der Waals surface area contributed by atoms with Gasteiger partial charge in [0.15, 0.2) is 0 Å². The molecule has 1 aliphatic heterocycles. The molecule has 3 heterocycles.